The fourth-order valence-electron chi connectivity index (χ4n) is 3.62. The summed E-state index contributed by atoms with van der Waals surface area (Å²) in [6.07, 6.45) is 2.02. The maximum absolute atomic E-state index is 12.8. The number of amides is 1. The Kier molecular flexibility index (Phi) is 6.01. The van der Waals surface area contributed by atoms with Crippen LogP contribution in [0.4, 0.5) is 11.4 Å². The van der Waals surface area contributed by atoms with E-state index in [0.717, 1.165) is 37.5 Å². The predicted octanol–water partition coefficient (Wildman–Crippen LogP) is 2.87. The number of carbonyl (C=O) groups excluding carboxylic acids is 1. The molecule has 160 valence electrons. The summed E-state index contributed by atoms with van der Waals surface area (Å²) in [6.45, 7) is 4.97. The van der Waals surface area contributed by atoms with Gasteiger partial charge in [0.15, 0.2) is 0 Å². The van der Waals surface area contributed by atoms with Crippen LogP contribution in [0.3, 0.4) is 0 Å². The van der Waals surface area contributed by atoms with Crippen molar-refractivity contribution in [2.75, 3.05) is 38.2 Å². The average molecular weight is 414 g/mol. The van der Waals surface area contributed by atoms with E-state index in [1.165, 1.54) is 6.07 Å². The summed E-state index contributed by atoms with van der Waals surface area (Å²) >= 11 is 0. The second-order valence-corrected chi connectivity index (χ2v) is 7.73. The number of nitrogens with one attached hydrogen (secondary N) is 2. The van der Waals surface area contributed by atoms with Crippen molar-refractivity contribution >= 4 is 17.3 Å². The Hall–Kier alpha value is -2.91. The van der Waals surface area contributed by atoms with E-state index >= 15 is 0 Å². The summed E-state index contributed by atoms with van der Waals surface area (Å²) in [5.74, 6) is 1.24. The second-order valence-electron chi connectivity index (χ2n) is 7.73. The number of carbonyl (C=O) groups is 1. The number of anilines is 1. The summed E-state index contributed by atoms with van der Waals surface area (Å²) < 4.78 is 11.2. The quantitative estimate of drug-likeness (QED) is 0.505. The van der Waals surface area contributed by atoms with Crippen LogP contribution in [0.5, 0.6) is 0 Å². The maximum atomic E-state index is 12.8. The third kappa shape index (κ3) is 4.80. The van der Waals surface area contributed by atoms with Gasteiger partial charge in [-0.2, -0.15) is 0 Å². The normalized spacial score (nSPS) is 18.0. The van der Waals surface area contributed by atoms with Gasteiger partial charge in [0.2, 0.25) is 0 Å². The molecule has 2 fully saturated rings. The molecule has 2 aromatic rings. The van der Waals surface area contributed by atoms with Crippen LogP contribution >= 0.6 is 0 Å². The molecule has 1 amide bonds. The van der Waals surface area contributed by atoms with Crippen molar-refractivity contribution in [1.82, 2.24) is 10.2 Å². The number of benzene rings is 1. The van der Waals surface area contributed by atoms with E-state index in [1.807, 2.05) is 19.1 Å². The Balaban J connectivity index is 1.47. The van der Waals surface area contributed by atoms with E-state index in [-0.39, 0.29) is 29.2 Å². The second kappa shape index (κ2) is 8.85. The van der Waals surface area contributed by atoms with Crippen molar-refractivity contribution in [2.45, 2.75) is 31.8 Å². The van der Waals surface area contributed by atoms with Gasteiger partial charge in [-0.3, -0.25) is 19.8 Å². The summed E-state index contributed by atoms with van der Waals surface area (Å²) in [6, 6.07) is 8.55. The Morgan fingerprint density at radius 3 is 2.67 bits per heavy atom. The third-order valence-corrected chi connectivity index (χ3v) is 5.43. The van der Waals surface area contributed by atoms with Crippen LogP contribution in [-0.4, -0.2) is 54.6 Å². The zero-order valence-corrected chi connectivity index (χ0v) is 16.9. The van der Waals surface area contributed by atoms with Gasteiger partial charge >= 0.3 is 0 Å². The molecule has 1 aromatic heterocycles. The average Bonchev–Trinajstić information content (AvgIpc) is 3.47. The molecule has 9 nitrogen and oxygen atoms in total. The lowest BCUT2D eigenvalue weighted by molar-refractivity contribution is -0.384. The van der Waals surface area contributed by atoms with E-state index in [9.17, 15) is 14.9 Å². The van der Waals surface area contributed by atoms with Crippen molar-refractivity contribution in [1.29, 1.82) is 0 Å². The van der Waals surface area contributed by atoms with Crippen molar-refractivity contribution < 1.29 is 18.9 Å². The number of nitro groups is 1. The number of hydrogen-bond acceptors (Lipinski definition) is 7. The van der Waals surface area contributed by atoms with Crippen LogP contribution in [0.2, 0.25) is 0 Å². The predicted molar refractivity (Wildman–Crippen MR) is 111 cm³/mol. The van der Waals surface area contributed by atoms with E-state index in [2.05, 4.69) is 15.5 Å². The van der Waals surface area contributed by atoms with Crippen LogP contribution in [0.1, 0.15) is 40.8 Å². The van der Waals surface area contributed by atoms with Gasteiger partial charge < -0.3 is 19.8 Å². The monoisotopic (exact) mass is 414 g/mol. The molecule has 1 aromatic carbocycles. The lowest BCUT2D eigenvalue weighted by Crippen LogP contribution is -2.43. The minimum Gasteiger partial charge on any atom is -0.465 e. The SMILES string of the molecule is Cc1ccc(C(CNC(=O)c2ccc(NC3CC3)c([N+](=O)[O-])c2)N2CCOCC2)o1. The summed E-state index contributed by atoms with van der Waals surface area (Å²) in [5.41, 5.74) is 0.636. The van der Waals surface area contributed by atoms with Gasteiger partial charge in [-0.05, 0) is 44.0 Å². The molecule has 1 aliphatic heterocycles. The Bertz CT molecular complexity index is 918. The fourth-order valence-corrected chi connectivity index (χ4v) is 3.62. The molecule has 2 N–H and O–H groups in total. The number of nitrogens with zero attached hydrogens (tertiary/aromatic N) is 2. The molecule has 1 unspecified atom stereocenters. The van der Waals surface area contributed by atoms with Crippen molar-refractivity contribution in [3.63, 3.8) is 0 Å². The topological polar surface area (TPSA) is 110 Å². The van der Waals surface area contributed by atoms with E-state index in [0.29, 0.717) is 25.4 Å². The molecule has 2 aliphatic rings. The van der Waals surface area contributed by atoms with Gasteiger partial charge in [0.1, 0.15) is 17.2 Å². The van der Waals surface area contributed by atoms with Gasteiger partial charge in [-0.25, -0.2) is 0 Å². The highest BCUT2D eigenvalue weighted by Gasteiger charge is 2.28. The summed E-state index contributed by atoms with van der Waals surface area (Å²) in [7, 11) is 0. The Morgan fingerprint density at radius 2 is 2.03 bits per heavy atom. The van der Waals surface area contributed by atoms with E-state index in [4.69, 9.17) is 9.15 Å². The lowest BCUT2D eigenvalue weighted by Gasteiger charge is -2.33. The molecule has 0 radical (unpaired) electrons. The Labute approximate surface area is 174 Å². The van der Waals surface area contributed by atoms with Crippen LogP contribution in [-0.2, 0) is 4.74 Å². The van der Waals surface area contributed by atoms with E-state index in [1.54, 1.807) is 12.1 Å². The van der Waals surface area contributed by atoms with Crippen molar-refractivity contribution in [2.24, 2.45) is 0 Å². The van der Waals surface area contributed by atoms with Crippen molar-refractivity contribution in [3.05, 3.63) is 57.5 Å². The van der Waals surface area contributed by atoms with Gasteiger partial charge in [-0.15, -0.1) is 0 Å². The molecular formula is C21H26N4O5. The number of rotatable bonds is 8. The summed E-state index contributed by atoms with van der Waals surface area (Å²) in [4.78, 5) is 26.0. The highest BCUT2D eigenvalue weighted by atomic mass is 16.6. The largest absolute Gasteiger partial charge is 0.465 e. The standard InChI is InChI=1S/C21H26N4O5/c1-14-2-7-20(30-14)19(24-8-10-29-11-9-24)13-22-21(26)15-3-6-17(23-16-4-5-16)18(12-15)25(27)28/h2-3,6-7,12,16,19,23H,4-5,8-11,13H2,1H3,(H,22,26). The molecule has 30 heavy (non-hydrogen) atoms. The maximum Gasteiger partial charge on any atom is 0.293 e. The molecule has 4 rings (SSSR count). The highest BCUT2D eigenvalue weighted by molar-refractivity contribution is 5.95. The lowest BCUT2D eigenvalue weighted by atomic mass is 10.1. The molecular weight excluding hydrogens is 388 g/mol. The van der Waals surface area contributed by atoms with Crippen LogP contribution < -0.4 is 10.6 Å². The number of nitro benzene ring substituents is 1. The molecule has 9 heteroatoms. The minimum absolute atomic E-state index is 0.0825. The first-order chi connectivity index (χ1) is 14.5. The molecule has 1 saturated carbocycles. The molecule has 0 spiro atoms. The van der Waals surface area contributed by atoms with Crippen LogP contribution in [0, 0.1) is 17.0 Å². The van der Waals surface area contributed by atoms with Gasteiger partial charge in [-0.1, -0.05) is 0 Å². The molecule has 0 bridgehead atoms. The van der Waals surface area contributed by atoms with E-state index < -0.39 is 4.92 Å². The first-order valence-electron chi connectivity index (χ1n) is 10.2. The fraction of sp³-hybridized carbons (Fsp3) is 0.476. The van der Waals surface area contributed by atoms with Gasteiger partial charge in [0.25, 0.3) is 11.6 Å². The first-order valence-corrected chi connectivity index (χ1v) is 10.2. The van der Waals surface area contributed by atoms with Gasteiger partial charge in [0.05, 0.1) is 24.2 Å². The number of furan rings is 1. The number of aryl methyl sites for hydroxylation is 1. The zero-order chi connectivity index (χ0) is 21.1. The molecule has 1 aliphatic carbocycles. The summed E-state index contributed by atoms with van der Waals surface area (Å²) in [5, 5.41) is 17.5. The zero-order valence-electron chi connectivity index (χ0n) is 16.9. The minimum atomic E-state index is -0.455. The van der Waals surface area contributed by atoms with Crippen LogP contribution in [0.25, 0.3) is 0 Å². The number of hydrogen-bond donors (Lipinski definition) is 2. The smallest absolute Gasteiger partial charge is 0.293 e. The third-order valence-electron chi connectivity index (χ3n) is 5.43. The Morgan fingerprint density at radius 1 is 1.27 bits per heavy atom. The molecule has 1 saturated heterocycles. The number of morpholine rings is 1. The molecule has 2 heterocycles. The molecule has 1 atom stereocenters. The van der Waals surface area contributed by atoms with Crippen LogP contribution in [0.15, 0.2) is 34.7 Å². The highest BCUT2D eigenvalue weighted by Crippen LogP contribution is 2.31. The first kappa shape index (κ1) is 20.4. The number of ether oxygens (including phenoxy) is 1. The van der Waals surface area contributed by atoms with Gasteiger partial charge in [0, 0.05) is 37.3 Å². The van der Waals surface area contributed by atoms with Crippen molar-refractivity contribution in [3.8, 4) is 0 Å².